The summed E-state index contributed by atoms with van der Waals surface area (Å²) in [5, 5.41) is 12.2. The Morgan fingerprint density at radius 1 is 1.30 bits per heavy atom. The number of hydroxylamine groups is 2. The molecule has 2 unspecified atom stereocenters. The predicted octanol–water partition coefficient (Wildman–Crippen LogP) is 3.46. The average molecular weight is 403 g/mol. The quantitative estimate of drug-likeness (QED) is 0.677. The van der Waals surface area contributed by atoms with Crippen LogP contribution in [-0.2, 0) is 6.42 Å². The van der Waals surface area contributed by atoms with Crippen molar-refractivity contribution in [2.75, 3.05) is 7.11 Å². The van der Waals surface area contributed by atoms with Crippen LogP contribution in [0.1, 0.15) is 33.1 Å². The van der Waals surface area contributed by atoms with Crippen molar-refractivity contribution in [3.05, 3.63) is 75.5 Å². The molecule has 0 amide bonds. The Balaban J connectivity index is 1.81. The van der Waals surface area contributed by atoms with E-state index in [-0.39, 0.29) is 5.78 Å². The zero-order valence-corrected chi connectivity index (χ0v) is 16.0. The normalized spacial score (nSPS) is 19.7. The number of hydrogen-bond acceptors (Lipinski definition) is 6. The number of rotatable bonds is 4. The van der Waals surface area contributed by atoms with Gasteiger partial charge < -0.3 is 9.94 Å². The van der Waals surface area contributed by atoms with E-state index in [1.54, 1.807) is 42.3 Å². The first kappa shape index (κ1) is 18.1. The molecule has 1 N–H and O–H groups in total. The molecule has 0 radical (unpaired) electrons. The number of pyridine rings is 1. The summed E-state index contributed by atoms with van der Waals surface area (Å²) in [5.74, 6) is 0.361. The van der Waals surface area contributed by atoms with E-state index < -0.39 is 12.2 Å². The third-order valence-corrected chi connectivity index (χ3v) is 5.76. The molecule has 0 saturated carbocycles. The zero-order chi connectivity index (χ0) is 19.0. The molecule has 138 valence electrons. The van der Waals surface area contributed by atoms with Crippen LogP contribution in [0.2, 0.25) is 4.47 Å². The largest absolute Gasteiger partial charge is 0.496 e. The molecule has 0 aliphatic carbocycles. The fourth-order valence-corrected chi connectivity index (χ4v) is 4.42. The van der Waals surface area contributed by atoms with Crippen LogP contribution in [0.15, 0.2) is 54.9 Å². The van der Waals surface area contributed by atoms with E-state index in [2.05, 4.69) is 4.98 Å². The monoisotopic (exact) mass is 402 g/mol. The molecule has 0 spiro atoms. The van der Waals surface area contributed by atoms with Gasteiger partial charge in [-0.05, 0) is 12.1 Å². The Kier molecular flexibility index (Phi) is 4.92. The van der Waals surface area contributed by atoms with Gasteiger partial charge in [-0.15, -0.1) is 16.4 Å². The lowest BCUT2D eigenvalue weighted by atomic mass is 9.95. The minimum atomic E-state index is -0.864. The van der Waals surface area contributed by atoms with Crippen LogP contribution >= 0.6 is 22.9 Å². The highest BCUT2D eigenvalue weighted by Gasteiger charge is 2.47. The fourth-order valence-electron chi connectivity index (χ4n) is 3.41. The molecular weight excluding hydrogens is 386 g/mol. The fraction of sp³-hybridized carbons (Fsp3) is 0.211. The van der Waals surface area contributed by atoms with Crippen molar-refractivity contribution in [2.24, 2.45) is 0 Å². The number of aromatic nitrogens is 2. The lowest BCUT2D eigenvalue weighted by Gasteiger charge is -2.33. The second-order valence-electron chi connectivity index (χ2n) is 6.15. The topological polar surface area (TPSA) is 66.5 Å². The number of Topliss-reactive ketones (excluding diaryl/α,β-unsaturated/α-hetero) is 1. The number of halogens is 1. The Labute approximate surface area is 165 Å². The van der Waals surface area contributed by atoms with Gasteiger partial charge in [0.15, 0.2) is 10.7 Å². The van der Waals surface area contributed by atoms with Crippen molar-refractivity contribution >= 4 is 28.7 Å². The minimum absolute atomic E-state index is 0.193. The number of ether oxygens (including phenoxy) is 1. The number of para-hydroxylation sites is 1. The van der Waals surface area contributed by atoms with Gasteiger partial charge in [-0.1, -0.05) is 29.8 Å². The van der Waals surface area contributed by atoms with Crippen molar-refractivity contribution in [3.63, 3.8) is 0 Å². The number of carbonyl (C=O) groups is 1. The molecule has 1 aromatic carbocycles. The molecule has 3 heterocycles. The Hall–Kier alpha value is -2.32. The molecule has 2 aromatic heterocycles. The summed E-state index contributed by atoms with van der Waals surface area (Å²) in [5.41, 5.74) is 1.15. The lowest BCUT2D eigenvalue weighted by Crippen LogP contribution is -2.59. The number of benzene rings is 1. The van der Waals surface area contributed by atoms with Gasteiger partial charge in [0.25, 0.3) is 11.5 Å². The summed E-state index contributed by atoms with van der Waals surface area (Å²) in [6.45, 7) is 0. The molecular formula is C19H17ClN3O3S+. The van der Waals surface area contributed by atoms with Crippen molar-refractivity contribution in [2.45, 2.75) is 18.6 Å². The molecule has 27 heavy (non-hydrogen) atoms. The maximum absolute atomic E-state index is 13.2. The van der Waals surface area contributed by atoms with Gasteiger partial charge in [0.05, 0.1) is 13.5 Å². The van der Waals surface area contributed by atoms with Crippen LogP contribution in [0, 0.1) is 0 Å². The van der Waals surface area contributed by atoms with Crippen molar-refractivity contribution in [1.82, 2.24) is 10.0 Å². The Morgan fingerprint density at radius 2 is 2.07 bits per heavy atom. The molecule has 4 rings (SSSR count). The number of hydrogen-bond donors (Lipinski definition) is 1. The second kappa shape index (κ2) is 7.36. The molecule has 0 saturated heterocycles. The molecule has 3 aromatic rings. The van der Waals surface area contributed by atoms with E-state index in [0.29, 0.717) is 27.9 Å². The minimum Gasteiger partial charge on any atom is -0.496 e. The first-order valence-corrected chi connectivity index (χ1v) is 9.54. The van der Waals surface area contributed by atoms with Gasteiger partial charge in [-0.25, -0.2) is 4.98 Å². The van der Waals surface area contributed by atoms with Crippen LogP contribution in [0.4, 0.5) is 0 Å². The summed E-state index contributed by atoms with van der Waals surface area (Å²) in [6, 6.07) is 11.8. The Morgan fingerprint density at radius 3 is 2.81 bits per heavy atom. The molecule has 1 aliphatic heterocycles. The standard InChI is InChI=1S/C19H17ClN3O3S/c1-26-15-8-3-2-6-13(15)17-18(24)14-7-4-5-9-22(14)16(23(17)25)10-12-11-21-19(20)27-12/h2-9,11,16-17,25H,10H2,1H3/q+1. The number of ketones is 1. The van der Waals surface area contributed by atoms with Gasteiger partial charge in [-0.2, -0.15) is 4.57 Å². The zero-order valence-electron chi connectivity index (χ0n) is 14.4. The molecule has 1 aliphatic rings. The van der Waals surface area contributed by atoms with Gasteiger partial charge in [0, 0.05) is 28.8 Å². The van der Waals surface area contributed by atoms with Crippen LogP contribution in [0.5, 0.6) is 5.75 Å². The number of fused-ring (bicyclic) bond motifs is 1. The van der Waals surface area contributed by atoms with Gasteiger partial charge in [0.2, 0.25) is 6.17 Å². The maximum Gasteiger partial charge on any atom is 0.252 e. The summed E-state index contributed by atoms with van der Waals surface area (Å²) < 4.78 is 7.64. The smallest absolute Gasteiger partial charge is 0.252 e. The molecule has 6 nitrogen and oxygen atoms in total. The Bertz CT molecular complexity index is 994. The van der Waals surface area contributed by atoms with E-state index in [1.165, 1.54) is 11.3 Å². The first-order chi connectivity index (χ1) is 13.1. The van der Waals surface area contributed by atoms with Gasteiger partial charge in [0.1, 0.15) is 11.8 Å². The average Bonchev–Trinajstić information content (AvgIpc) is 3.10. The van der Waals surface area contributed by atoms with Gasteiger partial charge in [-0.3, -0.25) is 4.79 Å². The third-order valence-electron chi connectivity index (χ3n) is 4.62. The second-order valence-corrected chi connectivity index (χ2v) is 7.84. The number of thiazole rings is 1. The summed E-state index contributed by atoms with van der Waals surface area (Å²) in [4.78, 5) is 18.2. The van der Waals surface area contributed by atoms with Crippen molar-refractivity contribution < 1.29 is 19.3 Å². The highest BCUT2D eigenvalue weighted by atomic mass is 35.5. The van der Waals surface area contributed by atoms with E-state index in [0.717, 1.165) is 9.94 Å². The van der Waals surface area contributed by atoms with E-state index in [9.17, 15) is 10.0 Å². The number of carbonyl (C=O) groups excluding carboxylic acids is 1. The van der Waals surface area contributed by atoms with Crippen LogP contribution < -0.4 is 9.30 Å². The summed E-state index contributed by atoms with van der Waals surface area (Å²) >= 11 is 7.31. The summed E-state index contributed by atoms with van der Waals surface area (Å²) in [7, 11) is 1.55. The van der Waals surface area contributed by atoms with Crippen LogP contribution in [0.3, 0.4) is 0 Å². The van der Waals surface area contributed by atoms with E-state index >= 15 is 0 Å². The van der Waals surface area contributed by atoms with E-state index in [4.69, 9.17) is 16.3 Å². The number of methoxy groups -OCH3 is 1. The summed E-state index contributed by atoms with van der Waals surface area (Å²) in [6.07, 6.45) is 3.47. The highest BCUT2D eigenvalue weighted by molar-refractivity contribution is 7.15. The molecule has 2 atom stereocenters. The number of nitrogens with zero attached hydrogens (tertiary/aromatic N) is 3. The van der Waals surface area contributed by atoms with E-state index in [1.807, 2.05) is 24.3 Å². The van der Waals surface area contributed by atoms with Crippen molar-refractivity contribution in [3.8, 4) is 5.75 Å². The maximum atomic E-state index is 13.2. The predicted molar refractivity (Wildman–Crippen MR) is 100 cm³/mol. The SMILES string of the molecule is COc1ccccc1C1C(=O)c2cccc[n+]2C(Cc2cnc(Cl)s2)N1O. The van der Waals surface area contributed by atoms with Crippen molar-refractivity contribution in [1.29, 1.82) is 0 Å². The molecule has 0 bridgehead atoms. The van der Waals surface area contributed by atoms with Crippen LogP contribution in [-0.4, -0.2) is 28.1 Å². The molecule has 0 fully saturated rings. The lowest BCUT2D eigenvalue weighted by molar-refractivity contribution is -0.764. The van der Waals surface area contributed by atoms with Gasteiger partial charge >= 0.3 is 0 Å². The third kappa shape index (κ3) is 3.23. The highest BCUT2D eigenvalue weighted by Crippen LogP contribution is 2.36. The van der Waals surface area contributed by atoms with Crippen LogP contribution in [0.25, 0.3) is 0 Å². The molecule has 8 heteroatoms. The first-order valence-electron chi connectivity index (χ1n) is 8.35.